The van der Waals surface area contributed by atoms with Crippen molar-refractivity contribution in [1.29, 1.82) is 0 Å². The zero-order chi connectivity index (χ0) is 25.2. The number of amides is 4. The van der Waals surface area contributed by atoms with Crippen LogP contribution in [0.15, 0.2) is 66.0 Å². The molecule has 4 amide bonds. The third kappa shape index (κ3) is 8.08. The number of carbonyl (C=O) groups is 4. The highest BCUT2D eigenvalue weighted by Gasteiger charge is 2.21. The van der Waals surface area contributed by atoms with Crippen LogP contribution in [0.25, 0.3) is 21.6 Å². The quantitative estimate of drug-likeness (QED) is 0.308. The fourth-order valence-electron chi connectivity index (χ4n) is 3.48. The number of benzene rings is 2. The maximum atomic E-state index is 12.4. The van der Waals surface area contributed by atoms with Crippen LogP contribution >= 0.6 is 11.3 Å². The van der Waals surface area contributed by atoms with Gasteiger partial charge in [-0.25, -0.2) is 0 Å². The van der Waals surface area contributed by atoms with E-state index in [1.54, 1.807) is 11.3 Å². The van der Waals surface area contributed by atoms with E-state index < -0.39 is 23.8 Å². The number of nitrogens with one attached hydrogen (secondary N) is 2. The minimum Gasteiger partial charge on any atom is -0.370 e. The Morgan fingerprint density at radius 1 is 0.829 bits per heavy atom. The first kappa shape index (κ1) is 25.6. The van der Waals surface area contributed by atoms with E-state index in [0.717, 1.165) is 16.0 Å². The molecular formula is C26H28N4O4S. The predicted molar refractivity (Wildman–Crippen MR) is 136 cm³/mol. The average Bonchev–Trinajstić information content (AvgIpc) is 3.35. The lowest BCUT2D eigenvalue weighted by Crippen LogP contribution is -2.48. The van der Waals surface area contributed by atoms with Gasteiger partial charge in [-0.05, 0) is 46.5 Å². The smallest absolute Gasteiger partial charge is 0.243 e. The largest absolute Gasteiger partial charge is 0.370 e. The second-order valence-corrected chi connectivity index (χ2v) is 8.98. The van der Waals surface area contributed by atoms with Crippen LogP contribution in [0, 0.1) is 0 Å². The van der Waals surface area contributed by atoms with Gasteiger partial charge in [0.2, 0.25) is 23.6 Å². The van der Waals surface area contributed by atoms with Gasteiger partial charge in [0.25, 0.3) is 0 Å². The fourth-order valence-corrected chi connectivity index (χ4v) is 4.41. The monoisotopic (exact) mass is 492 g/mol. The normalized spacial score (nSPS) is 11.4. The molecule has 6 N–H and O–H groups in total. The minimum atomic E-state index is -0.977. The van der Waals surface area contributed by atoms with Crippen molar-refractivity contribution < 1.29 is 19.2 Å². The van der Waals surface area contributed by atoms with Gasteiger partial charge < -0.3 is 22.1 Å². The molecule has 0 aliphatic carbocycles. The number of hydrogen-bond acceptors (Lipinski definition) is 5. The topological polar surface area (TPSA) is 144 Å². The molecule has 0 saturated heterocycles. The SMILES string of the molecule is NC(=O)CCC(NC(=O)CCc1ccc(-c2cc(-c3ccccc3)cs2)cc1)C(=O)NCC(N)=O. The highest BCUT2D eigenvalue weighted by Crippen LogP contribution is 2.32. The number of rotatable bonds is 12. The molecule has 1 unspecified atom stereocenters. The number of thiophene rings is 1. The Morgan fingerprint density at radius 2 is 1.54 bits per heavy atom. The molecule has 1 atom stereocenters. The van der Waals surface area contributed by atoms with Crippen LogP contribution in [0.5, 0.6) is 0 Å². The molecule has 1 aromatic heterocycles. The van der Waals surface area contributed by atoms with Crippen LogP contribution in [0.3, 0.4) is 0 Å². The number of aryl methyl sites for hydroxylation is 1. The zero-order valence-electron chi connectivity index (χ0n) is 19.2. The van der Waals surface area contributed by atoms with Crippen molar-refractivity contribution in [2.75, 3.05) is 6.54 Å². The summed E-state index contributed by atoms with van der Waals surface area (Å²) < 4.78 is 0. The molecule has 0 saturated carbocycles. The first-order valence-electron chi connectivity index (χ1n) is 11.2. The summed E-state index contributed by atoms with van der Waals surface area (Å²) >= 11 is 1.68. The van der Waals surface area contributed by atoms with Crippen molar-refractivity contribution in [3.8, 4) is 21.6 Å². The maximum absolute atomic E-state index is 12.4. The Labute approximate surface area is 207 Å². The first-order valence-corrected chi connectivity index (χ1v) is 12.1. The summed E-state index contributed by atoms with van der Waals surface area (Å²) in [7, 11) is 0. The van der Waals surface area contributed by atoms with Gasteiger partial charge in [0.05, 0.1) is 6.54 Å². The Morgan fingerprint density at radius 3 is 2.20 bits per heavy atom. The summed E-state index contributed by atoms with van der Waals surface area (Å²) in [4.78, 5) is 47.9. The molecule has 1 heterocycles. The number of primary amides is 2. The summed E-state index contributed by atoms with van der Waals surface area (Å²) in [6, 6.07) is 19.4. The predicted octanol–water partition coefficient (Wildman–Crippen LogP) is 2.37. The van der Waals surface area contributed by atoms with Crippen LogP contribution in [0.4, 0.5) is 0 Å². The van der Waals surface area contributed by atoms with Gasteiger partial charge in [-0.2, -0.15) is 0 Å². The molecule has 0 radical (unpaired) electrons. The Balaban J connectivity index is 1.55. The van der Waals surface area contributed by atoms with Crippen LogP contribution in [0.2, 0.25) is 0 Å². The van der Waals surface area contributed by atoms with E-state index in [9.17, 15) is 19.2 Å². The van der Waals surface area contributed by atoms with E-state index in [2.05, 4.69) is 34.2 Å². The van der Waals surface area contributed by atoms with Crippen LogP contribution in [-0.2, 0) is 25.6 Å². The molecule has 0 spiro atoms. The van der Waals surface area contributed by atoms with Gasteiger partial charge in [0.15, 0.2) is 0 Å². The molecule has 2 aromatic carbocycles. The third-order valence-electron chi connectivity index (χ3n) is 5.35. The van der Waals surface area contributed by atoms with Crippen LogP contribution in [0.1, 0.15) is 24.8 Å². The first-order chi connectivity index (χ1) is 16.8. The fraction of sp³-hybridized carbons (Fsp3) is 0.231. The van der Waals surface area contributed by atoms with E-state index in [1.165, 1.54) is 11.1 Å². The summed E-state index contributed by atoms with van der Waals surface area (Å²) in [5.41, 5.74) is 14.6. The molecule has 8 nitrogen and oxygen atoms in total. The highest BCUT2D eigenvalue weighted by atomic mass is 32.1. The second kappa shape index (κ2) is 12.5. The molecular weight excluding hydrogens is 464 g/mol. The van der Waals surface area contributed by atoms with Crippen molar-refractivity contribution in [2.24, 2.45) is 11.5 Å². The van der Waals surface area contributed by atoms with E-state index in [4.69, 9.17) is 11.5 Å². The summed E-state index contributed by atoms with van der Waals surface area (Å²) in [5, 5.41) is 7.09. The van der Waals surface area contributed by atoms with Crippen molar-refractivity contribution in [3.63, 3.8) is 0 Å². The molecule has 35 heavy (non-hydrogen) atoms. The minimum absolute atomic E-state index is 0.0339. The molecule has 3 aromatic rings. The molecule has 9 heteroatoms. The van der Waals surface area contributed by atoms with Gasteiger partial charge in [-0.3, -0.25) is 19.2 Å². The van der Waals surface area contributed by atoms with E-state index in [-0.39, 0.29) is 31.7 Å². The lowest BCUT2D eigenvalue weighted by molar-refractivity contribution is -0.130. The third-order valence-corrected chi connectivity index (χ3v) is 6.33. The van der Waals surface area contributed by atoms with Gasteiger partial charge >= 0.3 is 0 Å². The Bertz CT molecular complexity index is 1180. The van der Waals surface area contributed by atoms with Crippen molar-refractivity contribution in [1.82, 2.24) is 10.6 Å². The van der Waals surface area contributed by atoms with Crippen molar-refractivity contribution >= 4 is 35.0 Å². The molecule has 0 bridgehead atoms. The van der Waals surface area contributed by atoms with Crippen LogP contribution < -0.4 is 22.1 Å². The standard InChI is InChI=1S/C26H28N4O4S/c27-23(31)12-11-21(26(34)29-15-24(28)32)30-25(33)13-8-17-6-9-19(10-7-17)22-14-20(16-35-22)18-4-2-1-3-5-18/h1-7,9-10,14,16,21H,8,11-13,15H2,(H2,27,31)(H2,28,32)(H,29,34)(H,30,33). The lowest BCUT2D eigenvalue weighted by atomic mass is 10.0. The summed E-state index contributed by atoms with van der Waals surface area (Å²) in [6.45, 7) is -0.356. The molecule has 0 aliphatic heterocycles. The summed E-state index contributed by atoms with van der Waals surface area (Å²) in [6.07, 6.45) is 0.598. The van der Waals surface area contributed by atoms with Gasteiger partial charge in [0, 0.05) is 17.7 Å². The van der Waals surface area contributed by atoms with Gasteiger partial charge in [0.1, 0.15) is 6.04 Å². The lowest BCUT2D eigenvalue weighted by Gasteiger charge is -2.17. The molecule has 0 fully saturated rings. The number of nitrogens with two attached hydrogens (primary N) is 2. The van der Waals surface area contributed by atoms with E-state index >= 15 is 0 Å². The number of carbonyl (C=O) groups excluding carboxylic acids is 4. The van der Waals surface area contributed by atoms with Crippen LogP contribution in [-0.4, -0.2) is 36.2 Å². The van der Waals surface area contributed by atoms with Gasteiger partial charge in [-0.15, -0.1) is 11.3 Å². The van der Waals surface area contributed by atoms with E-state index in [1.807, 2.05) is 42.5 Å². The maximum Gasteiger partial charge on any atom is 0.243 e. The Hall–Kier alpha value is -3.98. The summed E-state index contributed by atoms with van der Waals surface area (Å²) in [5.74, 6) is -2.23. The highest BCUT2D eigenvalue weighted by molar-refractivity contribution is 7.14. The van der Waals surface area contributed by atoms with E-state index in [0.29, 0.717) is 6.42 Å². The second-order valence-electron chi connectivity index (χ2n) is 8.07. The average molecular weight is 493 g/mol. The molecule has 0 aliphatic rings. The van der Waals surface area contributed by atoms with Crippen molar-refractivity contribution in [2.45, 2.75) is 31.7 Å². The molecule has 3 rings (SSSR count). The van der Waals surface area contributed by atoms with Crippen molar-refractivity contribution in [3.05, 3.63) is 71.6 Å². The van der Waals surface area contributed by atoms with Gasteiger partial charge in [-0.1, -0.05) is 54.6 Å². The zero-order valence-corrected chi connectivity index (χ0v) is 20.0. The Kier molecular flexibility index (Phi) is 9.14. The molecule has 182 valence electrons. The number of hydrogen-bond donors (Lipinski definition) is 4.